The zero-order valence-corrected chi connectivity index (χ0v) is 10.8. The first kappa shape index (κ1) is 14.0. The van der Waals surface area contributed by atoms with Gasteiger partial charge in [0, 0.05) is 7.05 Å². The van der Waals surface area contributed by atoms with Crippen molar-refractivity contribution in [1.82, 2.24) is 4.90 Å². The van der Waals surface area contributed by atoms with Crippen LogP contribution in [0.5, 0.6) is 0 Å². The molecule has 18 heavy (non-hydrogen) atoms. The fourth-order valence-corrected chi connectivity index (χ4v) is 1.31. The molecule has 0 aromatic heterocycles. The van der Waals surface area contributed by atoms with Gasteiger partial charge < -0.3 is 9.47 Å². The molecule has 0 aliphatic heterocycles. The third-order valence-electron chi connectivity index (χ3n) is 2.62. The van der Waals surface area contributed by atoms with Crippen LogP contribution in [0.25, 0.3) is 0 Å². The summed E-state index contributed by atoms with van der Waals surface area (Å²) in [5.74, 6) is -0.478. The Balaban J connectivity index is 2.48. The number of hydrogen-bond donors (Lipinski definition) is 0. The van der Waals surface area contributed by atoms with Gasteiger partial charge in [0.15, 0.2) is 0 Å². The second-order valence-corrected chi connectivity index (χ2v) is 3.85. The van der Waals surface area contributed by atoms with Gasteiger partial charge in [0.2, 0.25) is 0 Å². The summed E-state index contributed by atoms with van der Waals surface area (Å²) >= 11 is 0. The van der Waals surface area contributed by atoms with Crippen LogP contribution >= 0.6 is 0 Å². The molecule has 0 fully saturated rings. The highest BCUT2D eigenvalue weighted by Crippen LogP contribution is 2.05. The van der Waals surface area contributed by atoms with Crippen molar-refractivity contribution in [3.05, 3.63) is 35.9 Å². The van der Waals surface area contributed by atoms with Crippen molar-refractivity contribution < 1.29 is 19.1 Å². The van der Waals surface area contributed by atoms with Crippen LogP contribution < -0.4 is 0 Å². The lowest BCUT2D eigenvalue weighted by molar-refractivity contribution is -0.145. The van der Waals surface area contributed by atoms with Crippen LogP contribution in [0.15, 0.2) is 30.3 Å². The molecule has 5 nitrogen and oxygen atoms in total. The van der Waals surface area contributed by atoms with E-state index in [4.69, 9.17) is 4.74 Å². The number of methoxy groups -OCH3 is 1. The maximum absolute atomic E-state index is 11.7. The van der Waals surface area contributed by atoms with Gasteiger partial charge in [-0.3, -0.25) is 4.90 Å². The molecule has 1 rings (SSSR count). The second kappa shape index (κ2) is 6.64. The van der Waals surface area contributed by atoms with Gasteiger partial charge in [0.05, 0.1) is 7.11 Å². The first-order chi connectivity index (χ1) is 8.56. The first-order valence-corrected chi connectivity index (χ1v) is 5.57. The van der Waals surface area contributed by atoms with Crippen molar-refractivity contribution in [2.24, 2.45) is 0 Å². The Morgan fingerprint density at radius 1 is 1.28 bits per heavy atom. The fraction of sp³-hybridized carbons (Fsp3) is 0.385. The molecule has 1 aromatic rings. The van der Waals surface area contributed by atoms with Crippen molar-refractivity contribution in [3.63, 3.8) is 0 Å². The average Bonchev–Trinajstić information content (AvgIpc) is 2.43. The Kier molecular flexibility index (Phi) is 5.17. The molecule has 1 unspecified atom stereocenters. The summed E-state index contributed by atoms with van der Waals surface area (Å²) < 4.78 is 9.64. The molecule has 0 aliphatic rings. The van der Waals surface area contributed by atoms with Gasteiger partial charge in [-0.1, -0.05) is 30.3 Å². The van der Waals surface area contributed by atoms with E-state index in [1.807, 2.05) is 30.3 Å². The molecular weight excluding hydrogens is 234 g/mol. The molecule has 0 saturated carbocycles. The van der Waals surface area contributed by atoms with Crippen LogP contribution in [0.1, 0.15) is 12.5 Å². The van der Waals surface area contributed by atoms with Gasteiger partial charge in [0.1, 0.15) is 12.6 Å². The van der Waals surface area contributed by atoms with E-state index < -0.39 is 18.1 Å². The lowest BCUT2D eigenvalue weighted by Crippen LogP contribution is -2.41. The van der Waals surface area contributed by atoms with Crippen LogP contribution in [0.4, 0.5) is 4.79 Å². The lowest BCUT2D eigenvalue weighted by atomic mass is 10.2. The fourth-order valence-electron chi connectivity index (χ4n) is 1.31. The van der Waals surface area contributed by atoms with E-state index in [1.165, 1.54) is 19.1 Å². The Morgan fingerprint density at radius 3 is 2.44 bits per heavy atom. The van der Waals surface area contributed by atoms with Gasteiger partial charge in [0.25, 0.3) is 0 Å². The minimum absolute atomic E-state index is 0.178. The normalized spacial score (nSPS) is 11.5. The predicted molar refractivity (Wildman–Crippen MR) is 65.9 cm³/mol. The quantitative estimate of drug-likeness (QED) is 0.766. The van der Waals surface area contributed by atoms with Crippen molar-refractivity contribution >= 4 is 12.1 Å². The highest BCUT2D eigenvalue weighted by Gasteiger charge is 2.23. The van der Waals surface area contributed by atoms with Crippen LogP contribution in [0.2, 0.25) is 0 Å². The molecule has 1 aromatic carbocycles. The standard InChI is InChI=1S/C13H17NO4/c1-10(12(15)17-3)14(2)13(16)18-9-11-7-5-4-6-8-11/h4-8,10H,9H2,1-3H3. The molecule has 0 heterocycles. The molecule has 0 N–H and O–H groups in total. The van der Waals surface area contributed by atoms with E-state index in [0.717, 1.165) is 5.56 Å². The third kappa shape index (κ3) is 3.76. The number of benzene rings is 1. The number of carbonyl (C=O) groups is 2. The number of esters is 1. The van der Waals surface area contributed by atoms with Gasteiger partial charge >= 0.3 is 12.1 Å². The molecular formula is C13H17NO4. The van der Waals surface area contributed by atoms with Crippen molar-refractivity contribution in [3.8, 4) is 0 Å². The summed E-state index contributed by atoms with van der Waals surface area (Å²) in [6, 6.07) is 8.66. The molecule has 98 valence electrons. The highest BCUT2D eigenvalue weighted by atomic mass is 16.6. The summed E-state index contributed by atoms with van der Waals surface area (Å²) in [5, 5.41) is 0. The zero-order chi connectivity index (χ0) is 13.5. The summed E-state index contributed by atoms with van der Waals surface area (Å²) in [4.78, 5) is 24.1. The topological polar surface area (TPSA) is 55.8 Å². The van der Waals surface area contributed by atoms with E-state index in [-0.39, 0.29) is 6.61 Å². The van der Waals surface area contributed by atoms with Gasteiger partial charge in [-0.25, -0.2) is 9.59 Å². The number of likely N-dealkylation sites (N-methyl/N-ethyl adjacent to an activating group) is 1. The Labute approximate surface area is 106 Å². The lowest BCUT2D eigenvalue weighted by Gasteiger charge is -2.22. The van der Waals surface area contributed by atoms with E-state index in [9.17, 15) is 9.59 Å². The monoisotopic (exact) mass is 251 g/mol. The number of ether oxygens (including phenoxy) is 2. The van der Waals surface area contributed by atoms with Crippen LogP contribution in [-0.4, -0.2) is 37.2 Å². The molecule has 0 spiro atoms. The van der Waals surface area contributed by atoms with E-state index in [2.05, 4.69) is 4.74 Å². The van der Waals surface area contributed by atoms with Crippen LogP contribution in [0.3, 0.4) is 0 Å². The van der Waals surface area contributed by atoms with Crippen molar-refractivity contribution in [2.75, 3.05) is 14.2 Å². The van der Waals surface area contributed by atoms with Crippen molar-refractivity contribution in [2.45, 2.75) is 19.6 Å². The number of amides is 1. The second-order valence-electron chi connectivity index (χ2n) is 3.85. The smallest absolute Gasteiger partial charge is 0.410 e. The molecule has 0 bridgehead atoms. The number of rotatable bonds is 4. The van der Waals surface area contributed by atoms with Gasteiger partial charge in [-0.15, -0.1) is 0 Å². The Bertz CT molecular complexity index is 405. The summed E-state index contributed by atoms with van der Waals surface area (Å²) in [7, 11) is 2.77. The molecule has 1 amide bonds. The van der Waals surface area contributed by atoms with Gasteiger partial charge in [-0.05, 0) is 12.5 Å². The van der Waals surface area contributed by atoms with Crippen LogP contribution in [-0.2, 0) is 20.9 Å². The summed E-state index contributed by atoms with van der Waals surface area (Å²) in [6.45, 7) is 1.76. The predicted octanol–water partition coefficient (Wildman–Crippen LogP) is 1.82. The number of hydrogen-bond acceptors (Lipinski definition) is 4. The largest absolute Gasteiger partial charge is 0.467 e. The van der Waals surface area contributed by atoms with E-state index in [1.54, 1.807) is 6.92 Å². The van der Waals surface area contributed by atoms with Gasteiger partial charge in [-0.2, -0.15) is 0 Å². The maximum Gasteiger partial charge on any atom is 0.410 e. The molecule has 0 saturated heterocycles. The summed E-state index contributed by atoms with van der Waals surface area (Å²) in [6.07, 6.45) is -0.559. The van der Waals surface area contributed by atoms with Crippen LogP contribution in [0, 0.1) is 0 Å². The average molecular weight is 251 g/mol. The Morgan fingerprint density at radius 2 is 1.89 bits per heavy atom. The van der Waals surface area contributed by atoms with E-state index in [0.29, 0.717) is 0 Å². The number of carbonyl (C=O) groups excluding carboxylic acids is 2. The first-order valence-electron chi connectivity index (χ1n) is 5.57. The molecule has 0 radical (unpaired) electrons. The minimum atomic E-state index is -0.668. The molecule has 0 aliphatic carbocycles. The Hall–Kier alpha value is -2.04. The minimum Gasteiger partial charge on any atom is -0.467 e. The zero-order valence-electron chi connectivity index (χ0n) is 10.8. The maximum atomic E-state index is 11.7. The van der Waals surface area contributed by atoms with E-state index >= 15 is 0 Å². The molecule has 5 heteroatoms. The highest BCUT2D eigenvalue weighted by molar-refractivity contribution is 5.80. The number of nitrogens with zero attached hydrogens (tertiary/aromatic N) is 1. The summed E-state index contributed by atoms with van der Waals surface area (Å²) in [5.41, 5.74) is 0.893. The SMILES string of the molecule is COC(=O)C(C)N(C)C(=O)OCc1ccccc1. The molecule has 1 atom stereocenters. The van der Waals surface area contributed by atoms with Crippen molar-refractivity contribution in [1.29, 1.82) is 0 Å². The third-order valence-corrected chi connectivity index (χ3v) is 2.62.